The van der Waals surface area contributed by atoms with Gasteiger partial charge in [-0.1, -0.05) is 25.1 Å². The average molecular weight is 291 g/mol. The Balaban J connectivity index is 1.86. The van der Waals surface area contributed by atoms with E-state index in [1.807, 2.05) is 49.4 Å². The van der Waals surface area contributed by atoms with Crippen LogP contribution < -0.4 is 5.32 Å². The second kappa shape index (κ2) is 6.35. The van der Waals surface area contributed by atoms with Gasteiger partial charge in [0.25, 0.3) is 0 Å². The summed E-state index contributed by atoms with van der Waals surface area (Å²) < 4.78 is 0. The Bertz CT molecular complexity index is 786. The van der Waals surface area contributed by atoms with Crippen LogP contribution in [0.15, 0.2) is 61.1 Å². The molecule has 3 rings (SSSR count). The molecule has 0 saturated carbocycles. The second-order valence-electron chi connectivity index (χ2n) is 5.13. The van der Waals surface area contributed by atoms with Crippen molar-refractivity contribution >= 4 is 22.4 Å². The lowest BCUT2D eigenvalue weighted by molar-refractivity contribution is 0.0967. The minimum Gasteiger partial charge on any atom is -0.374 e. The fourth-order valence-electron chi connectivity index (χ4n) is 2.41. The van der Waals surface area contributed by atoms with E-state index in [0.717, 1.165) is 16.6 Å². The lowest BCUT2D eigenvalue weighted by Gasteiger charge is -2.17. The van der Waals surface area contributed by atoms with Crippen LogP contribution in [0.1, 0.15) is 23.7 Å². The predicted octanol–water partition coefficient (Wildman–Crippen LogP) is 3.70. The van der Waals surface area contributed by atoms with Crippen molar-refractivity contribution in [3.8, 4) is 0 Å². The number of nitrogens with zero attached hydrogens (tertiary/aromatic N) is 2. The summed E-state index contributed by atoms with van der Waals surface area (Å²) in [5, 5.41) is 4.21. The third-order valence-corrected chi connectivity index (χ3v) is 3.60. The van der Waals surface area contributed by atoms with Crippen molar-refractivity contribution in [2.24, 2.45) is 0 Å². The molecule has 0 radical (unpaired) electrons. The molecule has 1 aromatic carbocycles. The summed E-state index contributed by atoms with van der Waals surface area (Å²) in [6, 6.07) is 13.2. The number of rotatable bonds is 5. The van der Waals surface area contributed by atoms with Gasteiger partial charge in [-0.3, -0.25) is 14.8 Å². The van der Waals surface area contributed by atoms with Gasteiger partial charge < -0.3 is 5.32 Å². The molecule has 0 aliphatic heterocycles. The molecule has 22 heavy (non-hydrogen) atoms. The number of carbonyl (C=O) groups is 1. The molecular formula is C18H17N3O. The van der Waals surface area contributed by atoms with Crippen LogP contribution in [-0.4, -0.2) is 21.8 Å². The van der Waals surface area contributed by atoms with Gasteiger partial charge in [0.1, 0.15) is 0 Å². The Morgan fingerprint density at radius 1 is 1.18 bits per heavy atom. The van der Waals surface area contributed by atoms with E-state index in [0.29, 0.717) is 12.0 Å². The number of hydrogen-bond donors (Lipinski definition) is 1. The molecule has 0 aliphatic rings. The van der Waals surface area contributed by atoms with E-state index in [4.69, 9.17) is 0 Å². The molecular weight excluding hydrogens is 274 g/mol. The van der Waals surface area contributed by atoms with E-state index in [1.54, 1.807) is 18.6 Å². The van der Waals surface area contributed by atoms with E-state index >= 15 is 0 Å². The van der Waals surface area contributed by atoms with Crippen molar-refractivity contribution in [2.75, 3.05) is 5.32 Å². The normalized spacial score (nSPS) is 12.0. The zero-order chi connectivity index (χ0) is 15.4. The molecule has 110 valence electrons. The zero-order valence-corrected chi connectivity index (χ0v) is 12.4. The van der Waals surface area contributed by atoms with E-state index in [9.17, 15) is 4.79 Å². The Labute approximate surface area is 129 Å². The highest BCUT2D eigenvalue weighted by molar-refractivity contribution is 6.03. The fourth-order valence-corrected chi connectivity index (χ4v) is 2.41. The summed E-state index contributed by atoms with van der Waals surface area (Å²) in [4.78, 5) is 21.1. The van der Waals surface area contributed by atoms with Crippen molar-refractivity contribution < 1.29 is 4.79 Å². The Morgan fingerprint density at radius 3 is 2.82 bits per heavy atom. The Hall–Kier alpha value is -2.75. The maximum atomic E-state index is 12.7. The van der Waals surface area contributed by atoms with Crippen molar-refractivity contribution in [2.45, 2.75) is 19.4 Å². The van der Waals surface area contributed by atoms with Gasteiger partial charge in [-0.05, 0) is 30.7 Å². The number of hydrogen-bond acceptors (Lipinski definition) is 4. The maximum absolute atomic E-state index is 12.7. The van der Waals surface area contributed by atoms with Crippen LogP contribution in [0, 0.1) is 0 Å². The molecule has 0 spiro atoms. The molecule has 0 aliphatic carbocycles. The number of fused-ring (bicyclic) bond motifs is 1. The van der Waals surface area contributed by atoms with Crippen LogP contribution in [0.3, 0.4) is 0 Å². The number of anilines is 1. The number of para-hydroxylation sites is 1. The first-order valence-electron chi connectivity index (χ1n) is 7.33. The molecule has 0 fully saturated rings. The van der Waals surface area contributed by atoms with E-state index in [1.165, 1.54) is 0 Å². The number of pyridine rings is 2. The Morgan fingerprint density at radius 2 is 2.05 bits per heavy atom. The van der Waals surface area contributed by atoms with Crippen LogP contribution >= 0.6 is 0 Å². The molecule has 4 nitrogen and oxygen atoms in total. The molecule has 1 unspecified atom stereocenters. The van der Waals surface area contributed by atoms with Gasteiger partial charge in [-0.25, -0.2) is 0 Å². The monoisotopic (exact) mass is 291 g/mol. The third-order valence-electron chi connectivity index (χ3n) is 3.60. The quantitative estimate of drug-likeness (QED) is 0.728. The Kier molecular flexibility index (Phi) is 4.10. The van der Waals surface area contributed by atoms with Gasteiger partial charge in [0.15, 0.2) is 5.78 Å². The van der Waals surface area contributed by atoms with Gasteiger partial charge >= 0.3 is 0 Å². The summed E-state index contributed by atoms with van der Waals surface area (Å²) in [6.07, 6.45) is 5.77. The number of aromatic nitrogens is 2. The lowest BCUT2D eigenvalue weighted by atomic mass is 10.0. The van der Waals surface area contributed by atoms with Crippen molar-refractivity contribution in [1.82, 2.24) is 9.97 Å². The summed E-state index contributed by atoms with van der Waals surface area (Å²) in [7, 11) is 0. The number of carbonyl (C=O) groups excluding carboxylic acids is 1. The highest BCUT2D eigenvalue weighted by Gasteiger charge is 2.18. The van der Waals surface area contributed by atoms with Crippen molar-refractivity contribution in [1.29, 1.82) is 0 Å². The predicted molar refractivity (Wildman–Crippen MR) is 88.0 cm³/mol. The first-order valence-corrected chi connectivity index (χ1v) is 7.33. The first kappa shape index (κ1) is 14.2. The van der Waals surface area contributed by atoms with Crippen LogP contribution in [0.25, 0.3) is 10.9 Å². The smallest absolute Gasteiger partial charge is 0.186 e. The summed E-state index contributed by atoms with van der Waals surface area (Å²) in [6.45, 7) is 1.99. The fraction of sp³-hybridized carbons (Fsp3) is 0.167. The molecule has 0 amide bonds. The molecule has 2 heterocycles. The van der Waals surface area contributed by atoms with Gasteiger partial charge in [0.2, 0.25) is 0 Å². The third kappa shape index (κ3) is 2.96. The van der Waals surface area contributed by atoms with Crippen molar-refractivity contribution in [3.05, 3.63) is 66.6 Å². The van der Waals surface area contributed by atoms with Gasteiger partial charge in [0.05, 0.1) is 17.2 Å². The highest BCUT2D eigenvalue weighted by Crippen LogP contribution is 2.16. The SMILES string of the molecule is CCC(Nc1cccnc1)C(=O)c1cnc2ccccc2c1. The van der Waals surface area contributed by atoms with Crippen molar-refractivity contribution in [3.63, 3.8) is 0 Å². The molecule has 0 saturated heterocycles. The number of Topliss-reactive ketones (excluding diaryl/α,β-unsaturated/α-hetero) is 1. The zero-order valence-electron chi connectivity index (χ0n) is 12.4. The van der Waals surface area contributed by atoms with Crippen LogP contribution in [0.4, 0.5) is 5.69 Å². The summed E-state index contributed by atoms with van der Waals surface area (Å²) in [5.74, 6) is 0.0459. The summed E-state index contributed by atoms with van der Waals surface area (Å²) >= 11 is 0. The van der Waals surface area contributed by atoms with Crippen LogP contribution in [-0.2, 0) is 0 Å². The van der Waals surface area contributed by atoms with Gasteiger partial charge in [-0.15, -0.1) is 0 Å². The second-order valence-corrected chi connectivity index (χ2v) is 5.13. The van der Waals surface area contributed by atoms with Gasteiger partial charge in [0, 0.05) is 29.5 Å². The van der Waals surface area contributed by atoms with Crippen LogP contribution in [0.5, 0.6) is 0 Å². The van der Waals surface area contributed by atoms with E-state index < -0.39 is 0 Å². The molecule has 3 aromatic rings. The summed E-state index contributed by atoms with van der Waals surface area (Å²) in [5.41, 5.74) is 2.37. The number of benzene rings is 1. The molecule has 4 heteroatoms. The first-order chi connectivity index (χ1) is 10.8. The minimum absolute atomic E-state index is 0.0459. The minimum atomic E-state index is -0.285. The van der Waals surface area contributed by atoms with Crippen LogP contribution in [0.2, 0.25) is 0 Å². The largest absolute Gasteiger partial charge is 0.374 e. The van der Waals surface area contributed by atoms with Gasteiger partial charge in [-0.2, -0.15) is 0 Å². The standard InChI is InChI=1S/C18H17N3O/c1-2-16(21-15-7-5-9-19-12-15)18(22)14-10-13-6-3-4-8-17(13)20-11-14/h3-12,16,21H,2H2,1H3. The molecule has 2 aromatic heterocycles. The topological polar surface area (TPSA) is 54.9 Å². The maximum Gasteiger partial charge on any atom is 0.186 e. The lowest BCUT2D eigenvalue weighted by Crippen LogP contribution is -2.29. The van der Waals surface area contributed by atoms with E-state index in [-0.39, 0.29) is 11.8 Å². The molecule has 1 N–H and O–H groups in total. The average Bonchev–Trinajstić information content (AvgIpc) is 2.59. The molecule has 0 bridgehead atoms. The highest BCUT2D eigenvalue weighted by atomic mass is 16.1. The number of nitrogens with one attached hydrogen (secondary N) is 1. The number of ketones is 1. The molecule has 1 atom stereocenters. The van der Waals surface area contributed by atoms with E-state index in [2.05, 4.69) is 15.3 Å².